The standard InChI is InChI=1S/C21H24N4O2/c1-14-11-18(14)21(27)23-16-6-4-5-15(12-16)20(26)24-17-7-8-19(22-13-17)25-9-2-3-10-25/h4-8,12-14,18H,2-3,9-11H2,1H3,(H,23,27)(H,24,26). The van der Waals surface area contributed by atoms with Gasteiger partial charge in [0.05, 0.1) is 11.9 Å². The highest BCUT2D eigenvalue weighted by Crippen LogP contribution is 2.38. The minimum absolute atomic E-state index is 0.0294. The number of hydrogen-bond acceptors (Lipinski definition) is 4. The van der Waals surface area contributed by atoms with Crippen molar-refractivity contribution in [2.24, 2.45) is 11.8 Å². The van der Waals surface area contributed by atoms with Crippen LogP contribution in [0.4, 0.5) is 17.2 Å². The van der Waals surface area contributed by atoms with Gasteiger partial charge in [0.25, 0.3) is 5.91 Å². The van der Waals surface area contributed by atoms with Crippen LogP contribution in [-0.4, -0.2) is 29.9 Å². The molecule has 1 aliphatic heterocycles. The van der Waals surface area contributed by atoms with E-state index in [4.69, 9.17) is 0 Å². The number of hydrogen-bond donors (Lipinski definition) is 2. The number of amides is 2. The van der Waals surface area contributed by atoms with E-state index >= 15 is 0 Å². The number of nitrogens with one attached hydrogen (secondary N) is 2. The van der Waals surface area contributed by atoms with Gasteiger partial charge in [-0.05, 0) is 55.5 Å². The largest absolute Gasteiger partial charge is 0.357 e. The summed E-state index contributed by atoms with van der Waals surface area (Å²) in [5, 5.41) is 5.76. The molecule has 0 spiro atoms. The lowest BCUT2D eigenvalue weighted by atomic mass is 10.1. The van der Waals surface area contributed by atoms with E-state index in [1.54, 1.807) is 30.5 Å². The van der Waals surface area contributed by atoms with Crippen LogP contribution in [-0.2, 0) is 4.79 Å². The van der Waals surface area contributed by atoms with Crippen LogP contribution in [0.5, 0.6) is 0 Å². The number of carbonyl (C=O) groups excluding carboxylic acids is 2. The van der Waals surface area contributed by atoms with Crippen LogP contribution >= 0.6 is 0 Å². The van der Waals surface area contributed by atoms with E-state index in [1.165, 1.54) is 12.8 Å². The van der Waals surface area contributed by atoms with Crippen molar-refractivity contribution < 1.29 is 9.59 Å². The lowest BCUT2D eigenvalue weighted by Crippen LogP contribution is -2.19. The van der Waals surface area contributed by atoms with E-state index in [0.717, 1.165) is 25.3 Å². The van der Waals surface area contributed by atoms with Crippen LogP contribution in [0.25, 0.3) is 0 Å². The summed E-state index contributed by atoms with van der Waals surface area (Å²) in [5.74, 6) is 1.31. The van der Waals surface area contributed by atoms with Gasteiger partial charge >= 0.3 is 0 Å². The maximum atomic E-state index is 12.5. The topological polar surface area (TPSA) is 74.3 Å². The Kier molecular flexibility index (Phi) is 4.79. The maximum Gasteiger partial charge on any atom is 0.255 e. The Morgan fingerprint density at radius 1 is 1.07 bits per heavy atom. The van der Waals surface area contributed by atoms with Crippen molar-refractivity contribution in [1.82, 2.24) is 4.98 Å². The Morgan fingerprint density at radius 2 is 1.85 bits per heavy atom. The number of anilines is 3. The van der Waals surface area contributed by atoms with Crippen molar-refractivity contribution in [3.05, 3.63) is 48.2 Å². The highest BCUT2D eigenvalue weighted by Gasteiger charge is 2.39. The second kappa shape index (κ2) is 7.39. The molecular formula is C21H24N4O2. The fourth-order valence-electron chi connectivity index (χ4n) is 3.46. The molecular weight excluding hydrogens is 340 g/mol. The van der Waals surface area contributed by atoms with Gasteiger partial charge in [-0.1, -0.05) is 13.0 Å². The molecule has 4 rings (SSSR count). The fourth-order valence-corrected chi connectivity index (χ4v) is 3.46. The Labute approximate surface area is 159 Å². The van der Waals surface area contributed by atoms with Gasteiger partial charge < -0.3 is 15.5 Å². The van der Waals surface area contributed by atoms with Gasteiger partial charge in [0, 0.05) is 30.3 Å². The first-order chi connectivity index (χ1) is 13.1. The van der Waals surface area contributed by atoms with Crippen molar-refractivity contribution >= 4 is 29.0 Å². The van der Waals surface area contributed by atoms with Crippen molar-refractivity contribution in [2.75, 3.05) is 28.6 Å². The molecule has 2 amide bonds. The third-order valence-electron chi connectivity index (χ3n) is 5.27. The van der Waals surface area contributed by atoms with Gasteiger partial charge in [0.15, 0.2) is 0 Å². The number of rotatable bonds is 5. The number of carbonyl (C=O) groups is 2. The van der Waals surface area contributed by atoms with Gasteiger partial charge in [0.2, 0.25) is 5.91 Å². The van der Waals surface area contributed by atoms with Crippen molar-refractivity contribution in [1.29, 1.82) is 0 Å². The molecule has 1 saturated carbocycles. The molecule has 0 bridgehead atoms. The zero-order chi connectivity index (χ0) is 18.8. The van der Waals surface area contributed by atoms with E-state index in [-0.39, 0.29) is 17.7 Å². The maximum absolute atomic E-state index is 12.5. The van der Waals surface area contributed by atoms with Gasteiger partial charge in [0.1, 0.15) is 5.82 Å². The molecule has 1 aliphatic carbocycles. The van der Waals surface area contributed by atoms with Gasteiger partial charge in [-0.3, -0.25) is 9.59 Å². The first-order valence-corrected chi connectivity index (χ1v) is 9.53. The predicted molar refractivity (Wildman–Crippen MR) is 106 cm³/mol. The summed E-state index contributed by atoms with van der Waals surface area (Å²) in [5.41, 5.74) is 1.80. The molecule has 27 heavy (non-hydrogen) atoms. The number of aromatic nitrogens is 1. The average Bonchev–Trinajstić information content (AvgIpc) is 3.17. The predicted octanol–water partition coefficient (Wildman–Crippen LogP) is 3.53. The van der Waals surface area contributed by atoms with E-state index in [1.807, 2.05) is 12.1 Å². The number of pyridine rings is 1. The van der Waals surface area contributed by atoms with Gasteiger partial charge in [-0.15, -0.1) is 0 Å². The normalized spacial score (nSPS) is 21.0. The molecule has 6 heteroatoms. The van der Waals surface area contributed by atoms with Crippen molar-refractivity contribution in [3.8, 4) is 0 Å². The van der Waals surface area contributed by atoms with Gasteiger partial charge in [-0.2, -0.15) is 0 Å². The van der Waals surface area contributed by atoms with Crippen LogP contribution in [0.2, 0.25) is 0 Å². The lowest BCUT2D eigenvalue weighted by molar-refractivity contribution is -0.117. The van der Waals surface area contributed by atoms with E-state index in [2.05, 4.69) is 27.4 Å². The molecule has 2 N–H and O–H groups in total. The highest BCUT2D eigenvalue weighted by atomic mass is 16.2. The molecule has 2 fully saturated rings. The van der Waals surface area contributed by atoms with Crippen molar-refractivity contribution in [3.63, 3.8) is 0 Å². The molecule has 1 aromatic heterocycles. The monoisotopic (exact) mass is 364 g/mol. The summed E-state index contributed by atoms with van der Waals surface area (Å²) in [6.07, 6.45) is 5.03. The SMILES string of the molecule is CC1CC1C(=O)Nc1cccc(C(=O)Nc2ccc(N3CCCC3)nc2)c1. The van der Waals surface area contributed by atoms with E-state index in [9.17, 15) is 9.59 Å². The summed E-state index contributed by atoms with van der Waals surface area (Å²) in [6.45, 7) is 4.14. The molecule has 2 unspecified atom stereocenters. The lowest BCUT2D eigenvalue weighted by Gasteiger charge is -2.16. The summed E-state index contributed by atoms with van der Waals surface area (Å²) >= 11 is 0. The Bertz CT molecular complexity index is 844. The first-order valence-electron chi connectivity index (χ1n) is 9.53. The van der Waals surface area contributed by atoms with Crippen LogP contribution in [0.3, 0.4) is 0 Å². The quantitative estimate of drug-likeness (QED) is 0.851. The third kappa shape index (κ3) is 4.10. The molecule has 2 heterocycles. The molecule has 1 aromatic carbocycles. The third-order valence-corrected chi connectivity index (χ3v) is 5.27. The second-order valence-corrected chi connectivity index (χ2v) is 7.44. The van der Waals surface area contributed by atoms with Crippen LogP contribution in [0, 0.1) is 11.8 Å². The molecule has 6 nitrogen and oxygen atoms in total. The zero-order valence-corrected chi connectivity index (χ0v) is 15.4. The second-order valence-electron chi connectivity index (χ2n) is 7.44. The molecule has 1 saturated heterocycles. The summed E-state index contributed by atoms with van der Waals surface area (Å²) < 4.78 is 0. The molecule has 140 valence electrons. The fraction of sp³-hybridized carbons (Fsp3) is 0.381. The van der Waals surface area contributed by atoms with E-state index < -0.39 is 0 Å². The average molecular weight is 364 g/mol. The smallest absolute Gasteiger partial charge is 0.255 e. The van der Waals surface area contributed by atoms with Crippen LogP contribution in [0.1, 0.15) is 36.5 Å². The molecule has 0 radical (unpaired) electrons. The minimum atomic E-state index is -0.221. The summed E-state index contributed by atoms with van der Waals surface area (Å²) in [7, 11) is 0. The summed E-state index contributed by atoms with van der Waals surface area (Å²) in [4.78, 5) is 31.3. The Hall–Kier alpha value is -2.89. The number of nitrogens with zero attached hydrogens (tertiary/aromatic N) is 2. The minimum Gasteiger partial charge on any atom is -0.357 e. The van der Waals surface area contributed by atoms with Gasteiger partial charge in [-0.25, -0.2) is 4.98 Å². The Morgan fingerprint density at radius 3 is 2.52 bits per heavy atom. The Balaban J connectivity index is 1.39. The summed E-state index contributed by atoms with van der Waals surface area (Å²) in [6, 6.07) is 10.8. The first kappa shape index (κ1) is 17.5. The van der Waals surface area contributed by atoms with Crippen LogP contribution < -0.4 is 15.5 Å². The number of benzene rings is 1. The van der Waals surface area contributed by atoms with Crippen molar-refractivity contribution in [2.45, 2.75) is 26.2 Å². The molecule has 2 aromatic rings. The van der Waals surface area contributed by atoms with Crippen LogP contribution in [0.15, 0.2) is 42.6 Å². The molecule has 2 atom stereocenters. The molecule has 2 aliphatic rings. The van der Waals surface area contributed by atoms with E-state index in [0.29, 0.717) is 22.9 Å². The highest BCUT2D eigenvalue weighted by molar-refractivity contribution is 6.05. The zero-order valence-electron chi connectivity index (χ0n) is 15.4.